The summed E-state index contributed by atoms with van der Waals surface area (Å²) in [7, 11) is 0. The molecule has 20 heavy (non-hydrogen) atoms. The number of fused-ring (bicyclic) bond motifs is 1. The fourth-order valence-corrected chi connectivity index (χ4v) is 2.36. The highest BCUT2D eigenvalue weighted by Crippen LogP contribution is 2.26. The molecule has 0 fully saturated rings. The average molecular weight is 260 g/mol. The van der Waals surface area contributed by atoms with Crippen molar-refractivity contribution in [2.24, 2.45) is 0 Å². The number of H-pyrrole nitrogens is 1. The third kappa shape index (κ3) is 1.70. The molecule has 0 atom stereocenters. The van der Waals surface area contributed by atoms with E-state index in [1.807, 2.05) is 59.5 Å². The van der Waals surface area contributed by atoms with Crippen LogP contribution in [-0.4, -0.2) is 19.7 Å². The van der Waals surface area contributed by atoms with Crippen LogP contribution in [0.1, 0.15) is 0 Å². The van der Waals surface area contributed by atoms with Gasteiger partial charge in [-0.1, -0.05) is 18.2 Å². The highest BCUT2D eigenvalue weighted by molar-refractivity contribution is 5.92. The SMILES string of the molecule is c1ccc(-n2ccc(-c3c[nH]c4ncccc34)n2)cc1. The standard InChI is InChI=1S/C16H12N4/c1-2-5-12(6-3-1)20-10-8-15(19-20)14-11-18-16-13(14)7-4-9-17-16/h1-11H,(H,17,18). The number of aromatic amines is 1. The van der Waals surface area contributed by atoms with Crippen molar-refractivity contribution in [2.45, 2.75) is 0 Å². The minimum Gasteiger partial charge on any atom is -0.345 e. The summed E-state index contributed by atoms with van der Waals surface area (Å²) >= 11 is 0. The van der Waals surface area contributed by atoms with E-state index in [2.05, 4.69) is 21.1 Å². The largest absolute Gasteiger partial charge is 0.345 e. The summed E-state index contributed by atoms with van der Waals surface area (Å²) < 4.78 is 1.88. The first kappa shape index (κ1) is 11.0. The molecule has 96 valence electrons. The van der Waals surface area contributed by atoms with Crippen molar-refractivity contribution >= 4 is 11.0 Å². The van der Waals surface area contributed by atoms with Gasteiger partial charge in [-0.25, -0.2) is 9.67 Å². The zero-order valence-corrected chi connectivity index (χ0v) is 10.7. The molecular weight excluding hydrogens is 248 g/mol. The molecule has 0 spiro atoms. The van der Waals surface area contributed by atoms with Crippen LogP contribution in [0.2, 0.25) is 0 Å². The fraction of sp³-hybridized carbons (Fsp3) is 0. The number of nitrogens with one attached hydrogen (secondary N) is 1. The molecule has 4 rings (SSSR count). The van der Waals surface area contributed by atoms with Crippen molar-refractivity contribution in [3.05, 3.63) is 67.1 Å². The topological polar surface area (TPSA) is 46.5 Å². The lowest BCUT2D eigenvalue weighted by Gasteiger charge is -1.99. The molecule has 0 saturated carbocycles. The van der Waals surface area contributed by atoms with Crippen molar-refractivity contribution in [3.8, 4) is 16.9 Å². The van der Waals surface area contributed by atoms with Gasteiger partial charge in [0.15, 0.2) is 0 Å². The van der Waals surface area contributed by atoms with Gasteiger partial charge in [0.2, 0.25) is 0 Å². The zero-order valence-electron chi connectivity index (χ0n) is 10.7. The Labute approximate surface area is 115 Å². The van der Waals surface area contributed by atoms with Crippen LogP contribution in [0.4, 0.5) is 0 Å². The molecule has 1 N–H and O–H groups in total. The Balaban J connectivity index is 1.82. The van der Waals surface area contributed by atoms with E-state index < -0.39 is 0 Å². The van der Waals surface area contributed by atoms with Crippen LogP contribution in [0.25, 0.3) is 28.0 Å². The lowest BCUT2D eigenvalue weighted by Crippen LogP contribution is -1.93. The van der Waals surface area contributed by atoms with Gasteiger partial charge in [-0.05, 0) is 30.3 Å². The Morgan fingerprint density at radius 3 is 2.75 bits per heavy atom. The molecule has 4 nitrogen and oxygen atoms in total. The van der Waals surface area contributed by atoms with Gasteiger partial charge >= 0.3 is 0 Å². The number of nitrogens with zero attached hydrogens (tertiary/aromatic N) is 3. The summed E-state index contributed by atoms with van der Waals surface area (Å²) in [6.07, 6.45) is 5.71. The highest BCUT2D eigenvalue weighted by Gasteiger charge is 2.09. The van der Waals surface area contributed by atoms with Crippen LogP contribution in [0.3, 0.4) is 0 Å². The number of benzene rings is 1. The van der Waals surface area contributed by atoms with Gasteiger partial charge in [-0.3, -0.25) is 0 Å². The van der Waals surface area contributed by atoms with Gasteiger partial charge in [-0.2, -0.15) is 5.10 Å². The lowest BCUT2D eigenvalue weighted by atomic mass is 10.2. The van der Waals surface area contributed by atoms with E-state index in [-0.39, 0.29) is 0 Å². The van der Waals surface area contributed by atoms with Crippen LogP contribution in [0, 0.1) is 0 Å². The quantitative estimate of drug-likeness (QED) is 0.600. The third-order valence-electron chi connectivity index (χ3n) is 3.34. The Morgan fingerprint density at radius 2 is 1.85 bits per heavy atom. The maximum atomic E-state index is 4.64. The molecule has 0 amide bonds. The fourth-order valence-electron chi connectivity index (χ4n) is 2.36. The van der Waals surface area contributed by atoms with Gasteiger partial charge in [-0.15, -0.1) is 0 Å². The van der Waals surface area contributed by atoms with Crippen LogP contribution in [0.5, 0.6) is 0 Å². The molecule has 1 aromatic carbocycles. The molecule has 0 radical (unpaired) electrons. The van der Waals surface area contributed by atoms with Gasteiger partial charge in [0.25, 0.3) is 0 Å². The van der Waals surface area contributed by atoms with E-state index in [1.165, 1.54) is 0 Å². The Bertz CT molecular complexity index is 858. The van der Waals surface area contributed by atoms with E-state index in [1.54, 1.807) is 6.20 Å². The van der Waals surface area contributed by atoms with E-state index in [9.17, 15) is 0 Å². The van der Waals surface area contributed by atoms with Gasteiger partial charge in [0, 0.05) is 29.5 Å². The van der Waals surface area contributed by atoms with Crippen LogP contribution >= 0.6 is 0 Å². The molecule has 0 aliphatic heterocycles. The predicted octanol–water partition coefficient (Wildman–Crippen LogP) is 3.42. The summed E-state index contributed by atoms with van der Waals surface area (Å²) in [6, 6.07) is 16.1. The van der Waals surface area contributed by atoms with E-state index in [0.29, 0.717) is 0 Å². The summed E-state index contributed by atoms with van der Waals surface area (Å²) in [5.74, 6) is 0. The molecule has 0 aliphatic rings. The number of para-hydroxylation sites is 1. The van der Waals surface area contributed by atoms with Gasteiger partial charge in [0.1, 0.15) is 5.65 Å². The number of hydrogen-bond donors (Lipinski definition) is 1. The second-order valence-corrected chi connectivity index (χ2v) is 4.58. The minimum absolute atomic E-state index is 0.886. The highest BCUT2D eigenvalue weighted by atomic mass is 15.3. The van der Waals surface area contributed by atoms with Crippen molar-refractivity contribution in [1.82, 2.24) is 19.7 Å². The molecule has 0 saturated heterocycles. The Kier molecular flexibility index (Phi) is 2.39. The molecule has 3 heterocycles. The van der Waals surface area contributed by atoms with Crippen molar-refractivity contribution in [3.63, 3.8) is 0 Å². The first-order valence-corrected chi connectivity index (χ1v) is 6.45. The average Bonchev–Trinajstić information content (AvgIpc) is 3.14. The molecule has 0 bridgehead atoms. The maximum Gasteiger partial charge on any atom is 0.137 e. The van der Waals surface area contributed by atoms with Crippen molar-refractivity contribution in [2.75, 3.05) is 0 Å². The summed E-state index contributed by atoms with van der Waals surface area (Å²) in [6.45, 7) is 0. The normalized spacial score (nSPS) is 11.0. The second-order valence-electron chi connectivity index (χ2n) is 4.58. The monoisotopic (exact) mass is 260 g/mol. The van der Waals surface area contributed by atoms with E-state index in [4.69, 9.17) is 0 Å². The molecule has 4 aromatic rings. The minimum atomic E-state index is 0.886. The zero-order chi connectivity index (χ0) is 13.4. The second kappa shape index (κ2) is 4.35. The van der Waals surface area contributed by atoms with Crippen LogP contribution < -0.4 is 0 Å². The van der Waals surface area contributed by atoms with Gasteiger partial charge in [0.05, 0.1) is 11.4 Å². The van der Waals surface area contributed by atoms with Crippen molar-refractivity contribution < 1.29 is 0 Å². The van der Waals surface area contributed by atoms with Gasteiger partial charge < -0.3 is 4.98 Å². The summed E-state index contributed by atoms with van der Waals surface area (Å²) in [5.41, 5.74) is 3.95. The van der Waals surface area contributed by atoms with Crippen molar-refractivity contribution in [1.29, 1.82) is 0 Å². The maximum absolute atomic E-state index is 4.64. The molecule has 3 aromatic heterocycles. The Morgan fingerprint density at radius 1 is 0.950 bits per heavy atom. The number of rotatable bonds is 2. The predicted molar refractivity (Wildman–Crippen MR) is 78.7 cm³/mol. The molecular formula is C16H12N4. The third-order valence-corrected chi connectivity index (χ3v) is 3.34. The molecule has 0 unspecified atom stereocenters. The van der Waals surface area contributed by atoms with E-state index >= 15 is 0 Å². The number of hydrogen-bond acceptors (Lipinski definition) is 2. The van der Waals surface area contributed by atoms with Crippen LogP contribution in [-0.2, 0) is 0 Å². The number of pyridine rings is 1. The van der Waals surface area contributed by atoms with E-state index in [0.717, 1.165) is 28.0 Å². The summed E-state index contributed by atoms with van der Waals surface area (Å²) in [4.78, 5) is 7.48. The number of aromatic nitrogens is 4. The first-order valence-electron chi connectivity index (χ1n) is 6.45. The first-order chi connectivity index (χ1) is 9.92. The smallest absolute Gasteiger partial charge is 0.137 e. The molecule has 0 aliphatic carbocycles. The molecule has 4 heteroatoms. The lowest BCUT2D eigenvalue weighted by molar-refractivity contribution is 0.885. The summed E-state index contributed by atoms with van der Waals surface area (Å²) in [5, 5.41) is 5.73. The van der Waals surface area contributed by atoms with Crippen LogP contribution in [0.15, 0.2) is 67.1 Å². The Hall–Kier alpha value is -2.88.